The van der Waals surface area contributed by atoms with Crippen LogP contribution in [0.25, 0.3) is 10.9 Å². The summed E-state index contributed by atoms with van der Waals surface area (Å²) in [7, 11) is 1.57. The van der Waals surface area contributed by atoms with Crippen molar-refractivity contribution in [2.24, 2.45) is 5.92 Å². The van der Waals surface area contributed by atoms with Crippen molar-refractivity contribution in [1.82, 2.24) is 15.3 Å². The molecule has 1 aliphatic rings. The molecule has 3 aromatic rings. The number of benzene rings is 2. The molecule has 0 unspecified atom stereocenters. The van der Waals surface area contributed by atoms with Gasteiger partial charge in [-0.1, -0.05) is 19.3 Å². The lowest BCUT2D eigenvalue weighted by molar-refractivity contribution is 0.146. The zero-order chi connectivity index (χ0) is 23.0. The molecular weight excluding hydrogens is 425 g/mol. The number of methoxy groups -OCH3 is 1. The number of carbonyl (C=O) groups excluding carboxylic acids is 1. The van der Waals surface area contributed by atoms with Gasteiger partial charge in [-0.3, -0.25) is 0 Å². The highest BCUT2D eigenvalue weighted by Crippen LogP contribution is 2.30. The lowest BCUT2D eigenvalue weighted by atomic mass is 9.83. The Morgan fingerprint density at radius 1 is 1.12 bits per heavy atom. The number of hydrogen-bond donors (Lipinski definition) is 3. The Morgan fingerprint density at radius 2 is 1.91 bits per heavy atom. The van der Waals surface area contributed by atoms with Crippen LogP contribution in [-0.2, 0) is 4.74 Å². The first-order chi connectivity index (χ1) is 16.1. The van der Waals surface area contributed by atoms with Crippen molar-refractivity contribution in [1.29, 1.82) is 0 Å². The van der Waals surface area contributed by atoms with Gasteiger partial charge in [0.1, 0.15) is 30.3 Å². The summed E-state index contributed by atoms with van der Waals surface area (Å²) < 4.78 is 25.3. The van der Waals surface area contributed by atoms with E-state index in [0.717, 1.165) is 12.3 Å². The van der Waals surface area contributed by atoms with Gasteiger partial charge in [-0.25, -0.2) is 19.2 Å². The van der Waals surface area contributed by atoms with Crippen LogP contribution in [-0.4, -0.2) is 42.9 Å². The third kappa shape index (κ3) is 6.07. The fourth-order valence-electron chi connectivity index (χ4n) is 3.66. The summed E-state index contributed by atoms with van der Waals surface area (Å²) in [6.45, 7) is 1.40. The van der Waals surface area contributed by atoms with Crippen molar-refractivity contribution in [2.75, 3.05) is 37.5 Å². The first kappa shape index (κ1) is 22.7. The predicted octanol–water partition coefficient (Wildman–Crippen LogP) is 4.85. The van der Waals surface area contributed by atoms with E-state index in [1.807, 2.05) is 0 Å². The molecule has 1 heterocycles. The molecule has 33 heavy (non-hydrogen) atoms. The van der Waals surface area contributed by atoms with Crippen LogP contribution in [0.4, 0.5) is 26.4 Å². The number of hydrogen-bond acceptors (Lipinski definition) is 6. The fourth-order valence-corrected chi connectivity index (χ4v) is 3.66. The molecule has 0 atom stereocenters. The van der Waals surface area contributed by atoms with Gasteiger partial charge in [0.15, 0.2) is 0 Å². The number of rotatable bonds is 10. The molecule has 0 aliphatic heterocycles. The van der Waals surface area contributed by atoms with Crippen molar-refractivity contribution in [2.45, 2.75) is 25.7 Å². The molecule has 1 aromatic heterocycles. The van der Waals surface area contributed by atoms with Crippen molar-refractivity contribution in [3.05, 3.63) is 48.5 Å². The van der Waals surface area contributed by atoms with Gasteiger partial charge in [0.05, 0.1) is 17.5 Å². The van der Waals surface area contributed by atoms with Gasteiger partial charge >= 0.3 is 6.03 Å². The van der Waals surface area contributed by atoms with E-state index in [4.69, 9.17) is 9.47 Å². The number of fused-ring (bicyclic) bond motifs is 1. The molecule has 3 N–H and O–H groups in total. The molecule has 0 saturated heterocycles. The number of nitrogens with one attached hydrogen (secondary N) is 3. The first-order valence-electron chi connectivity index (χ1n) is 11.1. The lowest BCUT2D eigenvalue weighted by Crippen LogP contribution is -2.31. The second-order valence-corrected chi connectivity index (χ2v) is 8.03. The molecule has 174 valence electrons. The molecule has 1 saturated carbocycles. The molecule has 2 amide bonds. The number of anilines is 3. The Hall–Kier alpha value is -3.46. The third-order valence-electron chi connectivity index (χ3n) is 5.69. The molecule has 8 nitrogen and oxygen atoms in total. The second kappa shape index (κ2) is 10.9. The average Bonchev–Trinajstić information content (AvgIpc) is 2.77. The van der Waals surface area contributed by atoms with Crippen LogP contribution in [0.5, 0.6) is 5.75 Å². The van der Waals surface area contributed by atoms with Gasteiger partial charge in [-0.15, -0.1) is 0 Å². The summed E-state index contributed by atoms with van der Waals surface area (Å²) in [4.78, 5) is 20.4. The van der Waals surface area contributed by atoms with Crippen LogP contribution in [0.15, 0.2) is 42.7 Å². The number of urea groups is 1. The van der Waals surface area contributed by atoms with Crippen molar-refractivity contribution in [3.8, 4) is 5.75 Å². The highest BCUT2D eigenvalue weighted by Gasteiger charge is 2.17. The van der Waals surface area contributed by atoms with E-state index in [-0.39, 0.29) is 11.4 Å². The second-order valence-electron chi connectivity index (χ2n) is 8.03. The number of aromatic nitrogens is 2. The van der Waals surface area contributed by atoms with Crippen molar-refractivity contribution < 1.29 is 18.7 Å². The zero-order valence-corrected chi connectivity index (χ0v) is 18.6. The zero-order valence-electron chi connectivity index (χ0n) is 18.6. The molecule has 1 aliphatic carbocycles. The van der Waals surface area contributed by atoms with Crippen LogP contribution < -0.4 is 20.7 Å². The lowest BCUT2D eigenvalue weighted by Gasteiger charge is -2.25. The summed E-state index contributed by atoms with van der Waals surface area (Å²) in [5, 5.41) is 9.10. The Labute approximate surface area is 191 Å². The maximum Gasteiger partial charge on any atom is 0.319 e. The van der Waals surface area contributed by atoms with Crippen LogP contribution >= 0.6 is 0 Å². The Kier molecular flexibility index (Phi) is 7.51. The Bertz CT molecular complexity index is 1090. The topological polar surface area (TPSA) is 97.4 Å². The molecule has 2 aromatic carbocycles. The fraction of sp³-hybridized carbons (Fsp3) is 0.375. The van der Waals surface area contributed by atoms with E-state index in [1.165, 1.54) is 31.7 Å². The van der Waals surface area contributed by atoms with Gasteiger partial charge in [0.25, 0.3) is 0 Å². The van der Waals surface area contributed by atoms with Crippen molar-refractivity contribution >= 4 is 34.1 Å². The minimum Gasteiger partial charge on any atom is -0.491 e. The minimum absolute atomic E-state index is 0.220. The average molecular weight is 454 g/mol. The normalized spacial score (nSPS) is 13.4. The van der Waals surface area contributed by atoms with E-state index in [2.05, 4.69) is 25.9 Å². The summed E-state index contributed by atoms with van der Waals surface area (Å²) in [6, 6.07) is 9.88. The summed E-state index contributed by atoms with van der Waals surface area (Å²) in [6.07, 6.45) is 6.24. The minimum atomic E-state index is -0.486. The summed E-state index contributed by atoms with van der Waals surface area (Å²) in [5.74, 6) is 0.992. The number of carbonyl (C=O) groups is 1. The third-order valence-corrected chi connectivity index (χ3v) is 5.69. The molecule has 0 spiro atoms. The quantitative estimate of drug-likeness (QED) is 0.380. The van der Waals surface area contributed by atoms with Gasteiger partial charge in [0, 0.05) is 37.2 Å². The standard InChI is InChI=1S/C24H28FN5O3/c1-32-11-12-33-19-13-20(25)22-21(14-19)27-15-28-23(22)29-17-5-7-18(8-6-17)30-24(31)26-10-9-16-3-2-4-16/h5-8,13-16H,2-4,9-12H2,1H3,(H2,26,30,31)(H,27,28,29). The highest BCUT2D eigenvalue weighted by molar-refractivity contribution is 5.92. The molecule has 0 bridgehead atoms. The number of halogens is 1. The van der Waals surface area contributed by atoms with Crippen LogP contribution in [0.3, 0.4) is 0 Å². The van der Waals surface area contributed by atoms with Gasteiger partial charge < -0.3 is 25.4 Å². The van der Waals surface area contributed by atoms with Crippen LogP contribution in [0.2, 0.25) is 0 Å². The maximum atomic E-state index is 14.8. The molecule has 1 fully saturated rings. The largest absolute Gasteiger partial charge is 0.491 e. The van der Waals surface area contributed by atoms with E-state index < -0.39 is 5.82 Å². The number of nitrogens with zero attached hydrogens (tertiary/aromatic N) is 2. The summed E-state index contributed by atoms with van der Waals surface area (Å²) in [5.41, 5.74) is 1.79. The Morgan fingerprint density at radius 3 is 2.64 bits per heavy atom. The maximum absolute atomic E-state index is 14.8. The van der Waals surface area contributed by atoms with Crippen LogP contribution in [0.1, 0.15) is 25.7 Å². The van der Waals surface area contributed by atoms with Crippen LogP contribution in [0, 0.1) is 11.7 Å². The molecule has 0 radical (unpaired) electrons. The van der Waals surface area contributed by atoms with Gasteiger partial charge in [-0.05, 0) is 36.6 Å². The van der Waals surface area contributed by atoms with E-state index >= 15 is 0 Å². The first-order valence-corrected chi connectivity index (χ1v) is 11.1. The van der Waals surface area contributed by atoms with Crippen molar-refractivity contribution in [3.63, 3.8) is 0 Å². The number of amides is 2. The van der Waals surface area contributed by atoms with Gasteiger partial charge in [-0.2, -0.15) is 0 Å². The van der Waals surface area contributed by atoms with E-state index in [1.54, 1.807) is 37.4 Å². The highest BCUT2D eigenvalue weighted by atomic mass is 19.1. The Balaban J connectivity index is 1.37. The summed E-state index contributed by atoms with van der Waals surface area (Å²) >= 11 is 0. The predicted molar refractivity (Wildman–Crippen MR) is 126 cm³/mol. The SMILES string of the molecule is COCCOc1cc(F)c2c(Nc3ccc(NC(=O)NCCC4CCC4)cc3)ncnc2c1. The number of ether oxygens (including phenoxy) is 2. The van der Waals surface area contributed by atoms with Gasteiger partial charge in [0.2, 0.25) is 0 Å². The molecular formula is C24H28FN5O3. The van der Waals surface area contributed by atoms with E-state index in [9.17, 15) is 9.18 Å². The molecule has 4 rings (SSSR count). The van der Waals surface area contributed by atoms with E-state index in [0.29, 0.717) is 48.2 Å². The monoisotopic (exact) mass is 453 g/mol. The molecule has 9 heteroatoms. The smallest absolute Gasteiger partial charge is 0.319 e.